The zero-order chi connectivity index (χ0) is 13.9. The molecule has 1 rings (SSSR count). The van der Waals surface area contributed by atoms with Gasteiger partial charge in [-0.1, -0.05) is 18.3 Å². The Kier molecular flexibility index (Phi) is 4.67. The van der Waals surface area contributed by atoms with Gasteiger partial charge in [0.2, 0.25) is 0 Å². The smallest absolute Gasteiger partial charge is 0.254 e. The van der Waals surface area contributed by atoms with Crippen LogP contribution >= 0.6 is 12.2 Å². The Balaban J connectivity index is 2.97. The molecule has 0 saturated heterocycles. The van der Waals surface area contributed by atoms with Gasteiger partial charge in [0.25, 0.3) is 5.91 Å². The summed E-state index contributed by atoms with van der Waals surface area (Å²) in [6, 6.07) is 7.20. The van der Waals surface area contributed by atoms with Gasteiger partial charge < -0.3 is 15.5 Å². The van der Waals surface area contributed by atoms with Crippen molar-refractivity contribution in [2.45, 2.75) is 13.0 Å². The van der Waals surface area contributed by atoms with Crippen molar-refractivity contribution >= 4 is 28.8 Å². The Labute approximate surface area is 113 Å². The molecule has 5 heteroatoms. The monoisotopic (exact) mass is 265 g/mol. The van der Waals surface area contributed by atoms with Gasteiger partial charge in [-0.25, -0.2) is 0 Å². The van der Waals surface area contributed by atoms with Crippen LogP contribution in [0.5, 0.6) is 0 Å². The predicted molar refractivity (Wildman–Crippen MR) is 79.1 cm³/mol. The van der Waals surface area contributed by atoms with E-state index in [0.717, 1.165) is 5.69 Å². The molecule has 0 bridgehead atoms. The van der Waals surface area contributed by atoms with Crippen LogP contribution in [-0.2, 0) is 0 Å². The number of rotatable bonds is 4. The summed E-state index contributed by atoms with van der Waals surface area (Å²) in [6.45, 7) is 1.82. The zero-order valence-corrected chi connectivity index (χ0v) is 12.0. The van der Waals surface area contributed by atoms with Crippen LogP contribution in [0.25, 0.3) is 0 Å². The quantitative estimate of drug-likeness (QED) is 0.838. The molecule has 2 N–H and O–H groups in total. The summed E-state index contributed by atoms with van der Waals surface area (Å²) >= 11 is 4.91. The van der Waals surface area contributed by atoms with Gasteiger partial charge in [0, 0.05) is 32.4 Å². The number of carbonyl (C=O) groups is 1. The fraction of sp³-hybridized carbons (Fsp3) is 0.385. The number of thiocarbonyl (C=S) groups is 1. The molecule has 0 heterocycles. The van der Waals surface area contributed by atoms with Crippen LogP contribution in [0.2, 0.25) is 0 Å². The molecule has 1 atom stereocenters. The highest BCUT2D eigenvalue weighted by molar-refractivity contribution is 7.80. The van der Waals surface area contributed by atoms with Gasteiger partial charge in [-0.15, -0.1) is 0 Å². The first-order chi connectivity index (χ1) is 8.34. The molecule has 0 aliphatic heterocycles. The Morgan fingerprint density at radius 2 is 1.94 bits per heavy atom. The maximum atomic E-state index is 12.3. The molecule has 0 aliphatic carbocycles. The van der Waals surface area contributed by atoms with Crippen molar-refractivity contribution in [3.05, 3.63) is 29.8 Å². The molecule has 1 unspecified atom stereocenters. The zero-order valence-electron chi connectivity index (χ0n) is 11.2. The third kappa shape index (κ3) is 3.20. The van der Waals surface area contributed by atoms with Gasteiger partial charge >= 0.3 is 0 Å². The number of hydrogen-bond donors (Lipinski definition) is 1. The van der Waals surface area contributed by atoms with Crippen molar-refractivity contribution in [2.75, 3.05) is 26.0 Å². The maximum Gasteiger partial charge on any atom is 0.254 e. The van der Waals surface area contributed by atoms with Gasteiger partial charge in [-0.3, -0.25) is 4.79 Å². The lowest BCUT2D eigenvalue weighted by Crippen LogP contribution is -2.42. The lowest BCUT2D eigenvalue weighted by Gasteiger charge is -2.24. The number of likely N-dealkylation sites (N-methyl/N-ethyl adjacent to an activating group) is 1. The topological polar surface area (TPSA) is 49.6 Å². The molecule has 98 valence electrons. The summed E-state index contributed by atoms with van der Waals surface area (Å²) < 4.78 is 0. The van der Waals surface area contributed by atoms with E-state index < -0.39 is 0 Å². The van der Waals surface area contributed by atoms with E-state index in [1.807, 2.05) is 44.1 Å². The van der Waals surface area contributed by atoms with Gasteiger partial charge in [0.15, 0.2) is 0 Å². The molecule has 18 heavy (non-hydrogen) atoms. The largest absolute Gasteiger partial charge is 0.392 e. The fourth-order valence-electron chi connectivity index (χ4n) is 1.49. The third-order valence-corrected chi connectivity index (χ3v) is 3.26. The van der Waals surface area contributed by atoms with Crippen LogP contribution in [0.4, 0.5) is 5.69 Å². The SMILES string of the molecule is CC(C(N)=S)N(C)C(=O)c1cccc(N(C)C)c1. The number of benzene rings is 1. The van der Waals surface area contributed by atoms with E-state index in [-0.39, 0.29) is 11.9 Å². The second-order valence-corrected chi connectivity index (χ2v) is 4.91. The molecule has 0 spiro atoms. The summed E-state index contributed by atoms with van der Waals surface area (Å²) in [5, 5.41) is 0. The van der Waals surface area contributed by atoms with Gasteiger partial charge in [0.05, 0.1) is 11.0 Å². The van der Waals surface area contributed by atoms with Crippen molar-refractivity contribution in [1.82, 2.24) is 4.90 Å². The van der Waals surface area contributed by atoms with Crippen LogP contribution in [-0.4, -0.2) is 43.0 Å². The van der Waals surface area contributed by atoms with E-state index in [9.17, 15) is 4.79 Å². The molecule has 0 fully saturated rings. The predicted octanol–water partition coefficient (Wildman–Crippen LogP) is 1.50. The van der Waals surface area contributed by atoms with Crippen LogP contribution in [0, 0.1) is 0 Å². The normalized spacial score (nSPS) is 11.8. The summed E-state index contributed by atoms with van der Waals surface area (Å²) in [5.41, 5.74) is 7.18. The highest BCUT2D eigenvalue weighted by atomic mass is 32.1. The summed E-state index contributed by atoms with van der Waals surface area (Å²) in [5.74, 6) is -0.0843. The first-order valence-corrected chi connectivity index (χ1v) is 6.09. The number of amides is 1. The van der Waals surface area contributed by atoms with E-state index >= 15 is 0 Å². The van der Waals surface area contributed by atoms with E-state index in [0.29, 0.717) is 10.6 Å². The Morgan fingerprint density at radius 1 is 1.33 bits per heavy atom. The van der Waals surface area contributed by atoms with E-state index in [1.165, 1.54) is 0 Å². The number of nitrogens with two attached hydrogens (primary N) is 1. The first kappa shape index (κ1) is 14.4. The van der Waals surface area contributed by atoms with E-state index in [1.54, 1.807) is 18.0 Å². The third-order valence-electron chi connectivity index (χ3n) is 2.92. The van der Waals surface area contributed by atoms with Crippen LogP contribution < -0.4 is 10.6 Å². The standard InChI is InChI=1S/C13H19N3OS/c1-9(12(14)18)16(4)13(17)10-6-5-7-11(8-10)15(2)3/h5-9H,1-4H3,(H2,14,18). The van der Waals surface area contributed by atoms with E-state index in [2.05, 4.69) is 0 Å². The first-order valence-electron chi connectivity index (χ1n) is 5.68. The highest BCUT2D eigenvalue weighted by Gasteiger charge is 2.19. The highest BCUT2D eigenvalue weighted by Crippen LogP contribution is 2.15. The van der Waals surface area contributed by atoms with Crippen molar-refractivity contribution < 1.29 is 4.79 Å². The van der Waals surface area contributed by atoms with Gasteiger partial charge in [-0.2, -0.15) is 0 Å². The van der Waals surface area contributed by atoms with Crippen molar-refractivity contribution in [2.24, 2.45) is 5.73 Å². The molecule has 0 radical (unpaired) electrons. The molecular weight excluding hydrogens is 246 g/mol. The fourth-order valence-corrected chi connectivity index (χ4v) is 1.65. The number of hydrogen-bond acceptors (Lipinski definition) is 3. The Bertz CT molecular complexity index is 459. The van der Waals surface area contributed by atoms with E-state index in [4.69, 9.17) is 18.0 Å². The maximum absolute atomic E-state index is 12.3. The van der Waals surface area contributed by atoms with Crippen LogP contribution in [0.15, 0.2) is 24.3 Å². The summed E-state index contributed by atoms with van der Waals surface area (Å²) in [7, 11) is 5.57. The van der Waals surface area contributed by atoms with Gasteiger partial charge in [-0.05, 0) is 25.1 Å². The Hall–Kier alpha value is -1.62. The molecule has 4 nitrogen and oxygen atoms in total. The minimum Gasteiger partial charge on any atom is -0.392 e. The average molecular weight is 265 g/mol. The molecule has 0 saturated carbocycles. The van der Waals surface area contributed by atoms with Crippen molar-refractivity contribution in [3.63, 3.8) is 0 Å². The summed E-state index contributed by atoms with van der Waals surface area (Å²) in [6.07, 6.45) is 0. The van der Waals surface area contributed by atoms with Crippen LogP contribution in [0.3, 0.4) is 0 Å². The lowest BCUT2D eigenvalue weighted by molar-refractivity contribution is 0.0779. The van der Waals surface area contributed by atoms with Crippen molar-refractivity contribution in [1.29, 1.82) is 0 Å². The molecule has 1 aromatic carbocycles. The van der Waals surface area contributed by atoms with Crippen molar-refractivity contribution in [3.8, 4) is 0 Å². The second-order valence-electron chi connectivity index (χ2n) is 4.44. The minimum atomic E-state index is -0.254. The molecule has 0 aromatic heterocycles. The molecule has 1 amide bonds. The lowest BCUT2D eigenvalue weighted by atomic mass is 10.1. The average Bonchev–Trinajstić information content (AvgIpc) is 2.36. The van der Waals surface area contributed by atoms with Crippen LogP contribution in [0.1, 0.15) is 17.3 Å². The number of anilines is 1. The second kappa shape index (κ2) is 5.82. The number of nitrogens with zero attached hydrogens (tertiary/aromatic N) is 2. The Morgan fingerprint density at radius 3 is 2.44 bits per heavy atom. The molecular formula is C13H19N3OS. The summed E-state index contributed by atoms with van der Waals surface area (Å²) in [4.78, 5) is 16.1. The van der Waals surface area contributed by atoms with Gasteiger partial charge in [0.1, 0.15) is 0 Å². The molecule has 1 aromatic rings. The minimum absolute atomic E-state index is 0.0843. The molecule has 0 aliphatic rings. The number of carbonyl (C=O) groups excluding carboxylic acids is 1.